The zero-order chi connectivity index (χ0) is 21.5. The van der Waals surface area contributed by atoms with Gasteiger partial charge in [0.2, 0.25) is 0 Å². The Kier molecular flexibility index (Phi) is 4.23. The Morgan fingerprint density at radius 1 is 0.438 bits per heavy atom. The van der Waals surface area contributed by atoms with Crippen molar-refractivity contribution in [1.29, 1.82) is 0 Å². The second kappa shape index (κ2) is 7.38. The summed E-state index contributed by atoms with van der Waals surface area (Å²) in [5, 5.41) is 7.43. The SMILES string of the molecule is [C-]#[N+]c1ccc(-c2c3ccccc3c(-c3ccc4ccccc4c3)c3ccccc23)cc1. The number of nitrogens with zero attached hydrogens (tertiary/aromatic N) is 1. The number of fused-ring (bicyclic) bond motifs is 3. The second-order valence-electron chi connectivity index (χ2n) is 8.06. The van der Waals surface area contributed by atoms with Crippen LogP contribution in [0.15, 0.2) is 115 Å². The summed E-state index contributed by atoms with van der Waals surface area (Å²) in [5.41, 5.74) is 5.51. The van der Waals surface area contributed by atoms with Crippen LogP contribution in [0.25, 0.3) is 59.4 Å². The summed E-state index contributed by atoms with van der Waals surface area (Å²) in [7, 11) is 0. The van der Waals surface area contributed by atoms with Crippen molar-refractivity contribution in [2.24, 2.45) is 0 Å². The lowest BCUT2D eigenvalue weighted by Gasteiger charge is -2.18. The molecule has 0 saturated carbocycles. The third kappa shape index (κ3) is 2.86. The van der Waals surface area contributed by atoms with Crippen LogP contribution in [0.2, 0.25) is 0 Å². The van der Waals surface area contributed by atoms with Crippen LogP contribution >= 0.6 is 0 Å². The van der Waals surface area contributed by atoms with E-state index in [9.17, 15) is 0 Å². The van der Waals surface area contributed by atoms with E-state index in [-0.39, 0.29) is 0 Å². The minimum Gasteiger partial charge on any atom is -0.238 e. The molecular formula is C31H19N. The van der Waals surface area contributed by atoms with E-state index in [1.807, 2.05) is 12.1 Å². The van der Waals surface area contributed by atoms with Gasteiger partial charge >= 0.3 is 0 Å². The Hall–Kier alpha value is -4.41. The fourth-order valence-electron chi connectivity index (χ4n) is 4.80. The van der Waals surface area contributed by atoms with E-state index in [1.54, 1.807) is 0 Å². The van der Waals surface area contributed by atoms with Gasteiger partial charge < -0.3 is 0 Å². The minimum absolute atomic E-state index is 0.662. The Labute approximate surface area is 187 Å². The minimum atomic E-state index is 0.662. The van der Waals surface area contributed by atoms with Crippen LogP contribution in [-0.4, -0.2) is 0 Å². The van der Waals surface area contributed by atoms with Crippen molar-refractivity contribution in [3.63, 3.8) is 0 Å². The van der Waals surface area contributed by atoms with E-state index < -0.39 is 0 Å². The molecule has 0 aliphatic rings. The van der Waals surface area contributed by atoms with Crippen LogP contribution in [0.4, 0.5) is 5.69 Å². The van der Waals surface area contributed by atoms with Crippen molar-refractivity contribution < 1.29 is 0 Å². The van der Waals surface area contributed by atoms with Crippen LogP contribution in [0.3, 0.4) is 0 Å². The van der Waals surface area contributed by atoms with Gasteiger partial charge in [0.15, 0.2) is 5.69 Å². The zero-order valence-corrected chi connectivity index (χ0v) is 17.4. The highest BCUT2D eigenvalue weighted by Crippen LogP contribution is 2.44. The normalized spacial score (nSPS) is 11.1. The first-order chi connectivity index (χ1) is 15.8. The Bertz CT molecular complexity index is 1610. The van der Waals surface area contributed by atoms with Gasteiger partial charge in [-0.1, -0.05) is 109 Å². The monoisotopic (exact) mass is 405 g/mol. The summed E-state index contributed by atoms with van der Waals surface area (Å²) in [4.78, 5) is 3.56. The highest BCUT2D eigenvalue weighted by atomic mass is 14.6. The molecular weight excluding hydrogens is 386 g/mol. The number of hydrogen-bond donors (Lipinski definition) is 0. The van der Waals surface area contributed by atoms with E-state index in [0.29, 0.717) is 5.69 Å². The molecule has 0 heterocycles. The van der Waals surface area contributed by atoms with E-state index in [4.69, 9.17) is 6.57 Å². The molecule has 32 heavy (non-hydrogen) atoms. The van der Waals surface area contributed by atoms with Crippen molar-refractivity contribution in [3.8, 4) is 22.3 Å². The number of hydrogen-bond acceptors (Lipinski definition) is 0. The third-order valence-corrected chi connectivity index (χ3v) is 6.25. The molecule has 0 aliphatic carbocycles. The average molecular weight is 406 g/mol. The van der Waals surface area contributed by atoms with E-state index in [0.717, 1.165) is 5.56 Å². The van der Waals surface area contributed by atoms with Gasteiger partial charge in [-0.25, -0.2) is 4.85 Å². The molecule has 1 heteroatoms. The molecule has 6 aromatic carbocycles. The fourth-order valence-corrected chi connectivity index (χ4v) is 4.80. The van der Waals surface area contributed by atoms with Crippen LogP contribution in [0, 0.1) is 6.57 Å². The molecule has 1 nitrogen and oxygen atoms in total. The van der Waals surface area contributed by atoms with Crippen molar-refractivity contribution in [2.45, 2.75) is 0 Å². The largest absolute Gasteiger partial charge is 0.238 e. The first kappa shape index (κ1) is 18.4. The van der Waals surface area contributed by atoms with Gasteiger partial charge in [0.25, 0.3) is 0 Å². The van der Waals surface area contributed by atoms with Gasteiger partial charge in [0, 0.05) is 0 Å². The highest BCUT2D eigenvalue weighted by molar-refractivity contribution is 6.21. The molecule has 0 aliphatic heterocycles. The van der Waals surface area contributed by atoms with E-state index in [2.05, 4.69) is 108 Å². The maximum absolute atomic E-state index is 7.29. The Balaban J connectivity index is 1.74. The highest BCUT2D eigenvalue weighted by Gasteiger charge is 2.16. The molecule has 0 fully saturated rings. The summed E-state index contributed by atoms with van der Waals surface area (Å²) in [5.74, 6) is 0. The first-order valence-corrected chi connectivity index (χ1v) is 10.7. The van der Waals surface area contributed by atoms with Gasteiger partial charge in [-0.05, 0) is 60.6 Å². The van der Waals surface area contributed by atoms with Gasteiger partial charge in [-0.3, -0.25) is 0 Å². The van der Waals surface area contributed by atoms with Crippen molar-refractivity contribution in [2.75, 3.05) is 0 Å². The molecule has 0 atom stereocenters. The molecule has 0 spiro atoms. The van der Waals surface area contributed by atoms with Crippen LogP contribution < -0.4 is 0 Å². The maximum atomic E-state index is 7.29. The standard InChI is InChI=1S/C31H19N/c1-32-25-18-16-22(17-19-25)30-26-10-4-6-12-28(26)31(29-13-7-5-11-27(29)30)24-15-14-21-8-2-3-9-23(21)20-24/h2-20H. The lowest BCUT2D eigenvalue weighted by molar-refractivity contribution is 1.66. The average Bonchev–Trinajstić information content (AvgIpc) is 2.87. The third-order valence-electron chi connectivity index (χ3n) is 6.25. The number of benzene rings is 6. The maximum Gasteiger partial charge on any atom is 0.187 e. The first-order valence-electron chi connectivity index (χ1n) is 10.7. The topological polar surface area (TPSA) is 4.36 Å². The van der Waals surface area contributed by atoms with Gasteiger partial charge in [-0.15, -0.1) is 0 Å². The summed E-state index contributed by atoms with van der Waals surface area (Å²) < 4.78 is 0. The van der Waals surface area contributed by atoms with E-state index in [1.165, 1.54) is 49.0 Å². The number of rotatable bonds is 2. The summed E-state index contributed by atoms with van der Waals surface area (Å²) in [6.45, 7) is 7.29. The predicted octanol–water partition coefficient (Wildman–Crippen LogP) is 9.03. The lowest BCUT2D eigenvalue weighted by Crippen LogP contribution is -1.90. The molecule has 6 rings (SSSR count). The van der Waals surface area contributed by atoms with Crippen LogP contribution in [-0.2, 0) is 0 Å². The van der Waals surface area contributed by atoms with Crippen molar-refractivity contribution >= 4 is 38.0 Å². The molecule has 0 saturated heterocycles. The van der Waals surface area contributed by atoms with Gasteiger partial charge in [-0.2, -0.15) is 0 Å². The molecule has 0 N–H and O–H groups in total. The quantitative estimate of drug-likeness (QED) is 0.200. The van der Waals surface area contributed by atoms with Crippen molar-refractivity contribution in [3.05, 3.63) is 127 Å². The van der Waals surface area contributed by atoms with E-state index >= 15 is 0 Å². The summed E-state index contributed by atoms with van der Waals surface area (Å²) in [6, 6.07) is 40.5. The summed E-state index contributed by atoms with van der Waals surface area (Å²) >= 11 is 0. The zero-order valence-electron chi connectivity index (χ0n) is 17.4. The molecule has 0 aromatic heterocycles. The smallest absolute Gasteiger partial charge is 0.187 e. The second-order valence-corrected chi connectivity index (χ2v) is 8.06. The molecule has 0 amide bonds. The molecule has 0 radical (unpaired) electrons. The fraction of sp³-hybridized carbons (Fsp3) is 0. The predicted molar refractivity (Wildman–Crippen MR) is 136 cm³/mol. The Morgan fingerprint density at radius 3 is 1.47 bits per heavy atom. The molecule has 0 unspecified atom stereocenters. The lowest BCUT2D eigenvalue weighted by atomic mass is 9.85. The van der Waals surface area contributed by atoms with Crippen LogP contribution in [0.1, 0.15) is 0 Å². The molecule has 6 aromatic rings. The molecule has 0 bridgehead atoms. The van der Waals surface area contributed by atoms with Crippen LogP contribution in [0.5, 0.6) is 0 Å². The van der Waals surface area contributed by atoms with Gasteiger partial charge in [0.05, 0.1) is 6.57 Å². The molecule has 148 valence electrons. The summed E-state index contributed by atoms with van der Waals surface area (Å²) in [6.07, 6.45) is 0. The van der Waals surface area contributed by atoms with Gasteiger partial charge in [0.1, 0.15) is 0 Å². The van der Waals surface area contributed by atoms with Crippen molar-refractivity contribution in [1.82, 2.24) is 0 Å². The Morgan fingerprint density at radius 2 is 0.906 bits per heavy atom.